The van der Waals surface area contributed by atoms with Crippen LogP contribution in [0.1, 0.15) is 13.8 Å². The van der Waals surface area contributed by atoms with Gasteiger partial charge in [0.15, 0.2) is 0 Å². The van der Waals surface area contributed by atoms with Crippen molar-refractivity contribution in [2.75, 3.05) is 25.6 Å². The molecule has 0 aliphatic rings. The van der Waals surface area contributed by atoms with E-state index in [0.29, 0.717) is 36.0 Å². The zero-order valence-electron chi connectivity index (χ0n) is 16.9. The minimum Gasteiger partial charge on any atom is -0.497 e. The van der Waals surface area contributed by atoms with Crippen LogP contribution in [0.25, 0.3) is 10.2 Å². The van der Waals surface area contributed by atoms with E-state index in [1.807, 2.05) is 17.6 Å². The van der Waals surface area contributed by atoms with Gasteiger partial charge in [-0.1, -0.05) is 11.3 Å². The van der Waals surface area contributed by atoms with Crippen LogP contribution in [0.15, 0.2) is 51.8 Å². The summed E-state index contributed by atoms with van der Waals surface area (Å²) in [7, 11) is -2.40. The number of carbonyl (C=O) groups excluding carboxylic acids is 1. The maximum atomic E-state index is 12.9. The van der Waals surface area contributed by atoms with Gasteiger partial charge in [-0.3, -0.25) is 4.79 Å². The number of hydrogen-bond donors (Lipinski definition) is 1. The SMILES string of the molecule is CCOCCn1/c(=N/S(=O)(=O)c2ccc(OC)cc2)sc2cc(NC(C)=O)ccc21. The van der Waals surface area contributed by atoms with Crippen LogP contribution in [0.4, 0.5) is 5.69 Å². The summed E-state index contributed by atoms with van der Waals surface area (Å²) in [6, 6.07) is 11.5. The molecule has 3 aromatic rings. The van der Waals surface area contributed by atoms with Crippen molar-refractivity contribution in [1.82, 2.24) is 4.57 Å². The molecule has 1 N–H and O–H groups in total. The Balaban J connectivity index is 2.10. The highest BCUT2D eigenvalue weighted by Gasteiger charge is 2.15. The van der Waals surface area contributed by atoms with Crippen molar-refractivity contribution in [2.24, 2.45) is 4.40 Å². The van der Waals surface area contributed by atoms with Gasteiger partial charge in [-0.25, -0.2) is 0 Å². The zero-order valence-corrected chi connectivity index (χ0v) is 18.5. The van der Waals surface area contributed by atoms with E-state index in [1.165, 1.54) is 37.5 Å². The van der Waals surface area contributed by atoms with Crippen LogP contribution in [0.5, 0.6) is 5.75 Å². The fourth-order valence-electron chi connectivity index (χ4n) is 2.84. The second kappa shape index (κ2) is 9.41. The maximum absolute atomic E-state index is 12.9. The first kappa shape index (κ1) is 22.0. The van der Waals surface area contributed by atoms with Crippen LogP contribution in [0, 0.1) is 0 Å². The first-order valence-electron chi connectivity index (χ1n) is 9.28. The highest BCUT2D eigenvalue weighted by Crippen LogP contribution is 2.23. The third kappa shape index (κ3) is 5.07. The number of methoxy groups -OCH3 is 1. The van der Waals surface area contributed by atoms with Gasteiger partial charge < -0.3 is 19.4 Å². The monoisotopic (exact) mass is 449 g/mol. The number of hydrogen-bond acceptors (Lipinski definition) is 6. The Morgan fingerprint density at radius 2 is 1.93 bits per heavy atom. The molecule has 10 heteroatoms. The van der Waals surface area contributed by atoms with E-state index in [4.69, 9.17) is 9.47 Å². The molecule has 0 radical (unpaired) electrons. The summed E-state index contributed by atoms with van der Waals surface area (Å²) < 4.78 is 43.0. The van der Waals surface area contributed by atoms with Crippen LogP contribution < -0.4 is 14.9 Å². The summed E-state index contributed by atoms with van der Waals surface area (Å²) in [5, 5.41) is 2.74. The summed E-state index contributed by atoms with van der Waals surface area (Å²) >= 11 is 1.24. The molecule has 3 rings (SSSR count). The molecule has 0 unspecified atom stereocenters. The summed E-state index contributed by atoms with van der Waals surface area (Å²) in [5.41, 5.74) is 1.45. The lowest BCUT2D eigenvalue weighted by Gasteiger charge is -2.07. The molecule has 30 heavy (non-hydrogen) atoms. The average molecular weight is 450 g/mol. The van der Waals surface area contributed by atoms with Crippen molar-refractivity contribution >= 4 is 43.2 Å². The van der Waals surface area contributed by atoms with Crippen molar-refractivity contribution in [3.63, 3.8) is 0 Å². The molecule has 8 nitrogen and oxygen atoms in total. The number of rotatable bonds is 8. The van der Waals surface area contributed by atoms with Crippen LogP contribution >= 0.6 is 11.3 Å². The molecule has 0 bridgehead atoms. The summed E-state index contributed by atoms with van der Waals surface area (Å²) in [4.78, 5) is 11.8. The minimum absolute atomic E-state index is 0.0797. The third-order valence-corrected chi connectivity index (χ3v) is 6.66. The number of thiazole rings is 1. The molecule has 0 aliphatic carbocycles. The second-order valence-corrected chi connectivity index (χ2v) is 8.95. The molecule has 0 saturated heterocycles. The first-order valence-corrected chi connectivity index (χ1v) is 11.5. The third-order valence-electron chi connectivity index (χ3n) is 4.22. The number of amides is 1. The van der Waals surface area contributed by atoms with Crippen LogP contribution in [0.3, 0.4) is 0 Å². The summed E-state index contributed by atoms with van der Waals surface area (Å²) in [6.45, 7) is 4.76. The first-order chi connectivity index (χ1) is 14.3. The standard InChI is InChI=1S/C20H23N3O5S2/c1-4-28-12-11-23-18-10-5-15(21-14(2)24)13-19(18)29-20(23)22-30(25,26)17-8-6-16(27-3)7-9-17/h5-10,13H,4,11-12H2,1-3H3,(H,21,24)/b22-20-. The molecule has 0 fully saturated rings. The second-order valence-electron chi connectivity index (χ2n) is 6.34. The number of carbonyl (C=O) groups is 1. The van der Waals surface area contributed by atoms with E-state index in [9.17, 15) is 13.2 Å². The lowest BCUT2D eigenvalue weighted by atomic mass is 10.3. The molecular formula is C20H23N3O5S2. The molecule has 1 amide bonds. The van der Waals surface area contributed by atoms with Crippen molar-refractivity contribution in [3.8, 4) is 5.75 Å². The van der Waals surface area contributed by atoms with Gasteiger partial charge in [0.1, 0.15) is 5.75 Å². The van der Waals surface area contributed by atoms with Gasteiger partial charge in [-0.05, 0) is 49.4 Å². The number of aromatic nitrogens is 1. The smallest absolute Gasteiger partial charge is 0.285 e. The Kier molecular flexibility index (Phi) is 6.91. The van der Waals surface area contributed by atoms with E-state index in [0.717, 1.165) is 10.2 Å². The lowest BCUT2D eigenvalue weighted by molar-refractivity contribution is -0.114. The number of benzene rings is 2. The van der Waals surface area contributed by atoms with Crippen molar-refractivity contribution in [2.45, 2.75) is 25.3 Å². The number of fused-ring (bicyclic) bond motifs is 1. The Labute approximate surface area is 178 Å². The predicted octanol–water partition coefficient (Wildman–Crippen LogP) is 3.00. The van der Waals surface area contributed by atoms with Gasteiger partial charge in [0.2, 0.25) is 10.7 Å². The Morgan fingerprint density at radius 1 is 1.20 bits per heavy atom. The van der Waals surface area contributed by atoms with Gasteiger partial charge in [-0.2, -0.15) is 8.42 Å². The van der Waals surface area contributed by atoms with Gasteiger partial charge in [0.05, 0.1) is 28.8 Å². The van der Waals surface area contributed by atoms with Crippen LogP contribution in [-0.4, -0.2) is 39.2 Å². The average Bonchev–Trinajstić information content (AvgIpc) is 3.03. The number of nitrogens with one attached hydrogen (secondary N) is 1. The highest BCUT2D eigenvalue weighted by molar-refractivity contribution is 7.90. The quantitative estimate of drug-likeness (QED) is 0.533. The molecule has 0 saturated carbocycles. The van der Waals surface area contributed by atoms with Crippen LogP contribution in [0.2, 0.25) is 0 Å². The Morgan fingerprint density at radius 3 is 2.57 bits per heavy atom. The topological polar surface area (TPSA) is 99.0 Å². The maximum Gasteiger partial charge on any atom is 0.285 e. The van der Waals surface area contributed by atoms with Crippen LogP contribution in [-0.2, 0) is 26.1 Å². The Bertz CT molecular complexity index is 1210. The predicted molar refractivity (Wildman–Crippen MR) is 116 cm³/mol. The molecule has 0 atom stereocenters. The zero-order chi connectivity index (χ0) is 21.7. The normalized spacial score (nSPS) is 12.3. The molecule has 1 heterocycles. The van der Waals surface area contributed by atoms with E-state index in [2.05, 4.69) is 9.71 Å². The molecule has 0 spiro atoms. The number of anilines is 1. The van der Waals surface area contributed by atoms with Crippen molar-refractivity contribution in [3.05, 3.63) is 47.3 Å². The largest absolute Gasteiger partial charge is 0.497 e. The van der Waals surface area contributed by atoms with Crippen molar-refractivity contribution in [1.29, 1.82) is 0 Å². The molecule has 0 aliphatic heterocycles. The van der Waals surface area contributed by atoms with Crippen molar-refractivity contribution < 1.29 is 22.7 Å². The molecular weight excluding hydrogens is 426 g/mol. The lowest BCUT2D eigenvalue weighted by Crippen LogP contribution is -2.20. The van der Waals surface area contributed by atoms with E-state index in [-0.39, 0.29) is 10.8 Å². The summed E-state index contributed by atoms with van der Waals surface area (Å²) in [6.07, 6.45) is 0. The fraction of sp³-hybridized carbons (Fsp3) is 0.300. The molecule has 2 aromatic carbocycles. The minimum atomic E-state index is -3.92. The molecule has 160 valence electrons. The summed E-state index contributed by atoms with van der Waals surface area (Å²) in [5.74, 6) is 0.384. The van der Waals surface area contributed by atoms with Gasteiger partial charge >= 0.3 is 0 Å². The van der Waals surface area contributed by atoms with E-state index < -0.39 is 10.0 Å². The molecule has 1 aromatic heterocycles. The van der Waals surface area contributed by atoms with E-state index in [1.54, 1.807) is 24.3 Å². The fourth-order valence-corrected chi connectivity index (χ4v) is 5.14. The van der Waals surface area contributed by atoms with Gasteiger partial charge in [0.25, 0.3) is 10.0 Å². The van der Waals surface area contributed by atoms with Gasteiger partial charge in [0, 0.05) is 25.8 Å². The number of nitrogens with zero attached hydrogens (tertiary/aromatic N) is 2. The number of ether oxygens (including phenoxy) is 2. The van der Waals surface area contributed by atoms with Gasteiger partial charge in [-0.15, -0.1) is 4.40 Å². The highest BCUT2D eigenvalue weighted by atomic mass is 32.2. The van der Waals surface area contributed by atoms with E-state index >= 15 is 0 Å². The number of sulfonamides is 1. The Hall–Kier alpha value is -2.69.